The van der Waals surface area contributed by atoms with Crippen molar-refractivity contribution in [2.75, 3.05) is 18.4 Å². The van der Waals surface area contributed by atoms with E-state index in [2.05, 4.69) is 20.3 Å². The number of anilines is 1. The topological polar surface area (TPSA) is 71.0 Å². The summed E-state index contributed by atoms with van der Waals surface area (Å²) in [6.45, 7) is 1.33. The van der Waals surface area contributed by atoms with Crippen LogP contribution >= 0.6 is 11.3 Å². The molecule has 3 heterocycles. The lowest BCUT2D eigenvalue weighted by Crippen LogP contribution is -2.57. The molecule has 1 amide bonds. The van der Waals surface area contributed by atoms with E-state index in [1.807, 2.05) is 23.1 Å². The van der Waals surface area contributed by atoms with Gasteiger partial charge in [-0.25, -0.2) is 15.0 Å². The van der Waals surface area contributed by atoms with Crippen LogP contribution in [-0.4, -0.2) is 44.9 Å². The van der Waals surface area contributed by atoms with E-state index in [0.717, 1.165) is 10.2 Å². The SMILES string of the molecule is O=C(c1ccc2ncsc2c1)N1CC(Nc2ncccn2)C1. The zero-order chi connectivity index (χ0) is 14.9. The molecule has 110 valence electrons. The van der Waals surface area contributed by atoms with Gasteiger partial charge >= 0.3 is 0 Å². The van der Waals surface area contributed by atoms with Gasteiger partial charge < -0.3 is 10.2 Å². The molecule has 1 aliphatic heterocycles. The first-order chi connectivity index (χ1) is 10.8. The molecule has 22 heavy (non-hydrogen) atoms. The minimum absolute atomic E-state index is 0.0577. The van der Waals surface area contributed by atoms with Gasteiger partial charge in [-0.05, 0) is 24.3 Å². The molecule has 2 aromatic heterocycles. The summed E-state index contributed by atoms with van der Waals surface area (Å²) in [6, 6.07) is 7.63. The summed E-state index contributed by atoms with van der Waals surface area (Å²) in [7, 11) is 0. The monoisotopic (exact) mass is 311 g/mol. The van der Waals surface area contributed by atoms with E-state index in [0.29, 0.717) is 24.6 Å². The van der Waals surface area contributed by atoms with Gasteiger partial charge in [0.05, 0.1) is 21.8 Å². The fourth-order valence-corrected chi connectivity index (χ4v) is 3.18. The van der Waals surface area contributed by atoms with Crippen LogP contribution < -0.4 is 5.32 Å². The number of carbonyl (C=O) groups excluding carboxylic acids is 1. The van der Waals surface area contributed by atoms with Gasteiger partial charge in [-0.3, -0.25) is 4.79 Å². The fourth-order valence-electron chi connectivity index (χ4n) is 2.46. The van der Waals surface area contributed by atoms with Crippen molar-refractivity contribution in [1.82, 2.24) is 19.9 Å². The number of hydrogen-bond acceptors (Lipinski definition) is 6. The van der Waals surface area contributed by atoms with Crippen molar-refractivity contribution < 1.29 is 4.79 Å². The molecule has 1 aromatic carbocycles. The van der Waals surface area contributed by atoms with Crippen LogP contribution in [0.2, 0.25) is 0 Å². The number of benzene rings is 1. The lowest BCUT2D eigenvalue weighted by molar-refractivity contribution is 0.0625. The summed E-state index contributed by atoms with van der Waals surface area (Å²) in [6.07, 6.45) is 3.39. The molecule has 0 saturated carbocycles. The summed E-state index contributed by atoms with van der Waals surface area (Å²) in [5, 5.41) is 3.22. The van der Waals surface area contributed by atoms with Crippen molar-refractivity contribution in [3.05, 3.63) is 47.7 Å². The number of carbonyl (C=O) groups is 1. The highest BCUT2D eigenvalue weighted by Crippen LogP contribution is 2.22. The maximum absolute atomic E-state index is 12.4. The summed E-state index contributed by atoms with van der Waals surface area (Å²) in [5.74, 6) is 0.660. The third-order valence-corrected chi connectivity index (χ3v) is 4.44. The molecule has 0 radical (unpaired) electrons. The summed E-state index contributed by atoms with van der Waals surface area (Å²) >= 11 is 1.55. The Morgan fingerprint density at radius 3 is 2.86 bits per heavy atom. The van der Waals surface area contributed by atoms with Gasteiger partial charge in [0.1, 0.15) is 0 Å². The van der Waals surface area contributed by atoms with E-state index in [-0.39, 0.29) is 11.9 Å². The molecule has 4 rings (SSSR count). The van der Waals surface area contributed by atoms with Crippen molar-refractivity contribution in [1.29, 1.82) is 0 Å². The van der Waals surface area contributed by atoms with E-state index in [4.69, 9.17) is 0 Å². The Morgan fingerprint density at radius 1 is 1.23 bits per heavy atom. The first-order valence-electron chi connectivity index (χ1n) is 6.96. The average molecular weight is 311 g/mol. The predicted molar refractivity (Wildman–Crippen MR) is 85.0 cm³/mol. The molecule has 0 bridgehead atoms. The van der Waals surface area contributed by atoms with Crippen molar-refractivity contribution >= 4 is 33.4 Å². The van der Waals surface area contributed by atoms with Crippen LogP contribution in [0.4, 0.5) is 5.95 Å². The van der Waals surface area contributed by atoms with Crippen LogP contribution in [0.25, 0.3) is 10.2 Å². The average Bonchev–Trinajstić information content (AvgIpc) is 2.98. The third kappa shape index (κ3) is 2.39. The quantitative estimate of drug-likeness (QED) is 0.801. The zero-order valence-electron chi connectivity index (χ0n) is 11.6. The van der Waals surface area contributed by atoms with Crippen LogP contribution in [-0.2, 0) is 0 Å². The smallest absolute Gasteiger partial charge is 0.254 e. The van der Waals surface area contributed by atoms with E-state index in [9.17, 15) is 4.79 Å². The Bertz CT molecular complexity index is 813. The fraction of sp³-hybridized carbons (Fsp3) is 0.200. The van der Waals surface area contributed by atoms with Crippen molar-refractivity contribution in [2.45, 2.75) is 6.04 Å². The number of nitrogens with zero attached hydrogens (tertiary/aromatic N) is 4. The van der Waals surface area contributed by atoms with Crippen LogP contribution in [0.5, 0.6) is 0 Å². The van der Waals surface area contributed by atoms with Crippen LogP contribution in [0.15, 0.2) is 42.2 Å². The molecule has 1 N–H and O–H groups in total. The number of rotatable bonds is 3. The highest BCUT2D eigenvalue weighted by Gasteiger charge is 2.31. The normalized spacial score (nSPS) is 14.8. The molecule has 7 heteroatoms. The number of nitrogens with one attached hydrogen (secondary N) is 1. The molecule has 0 unspecified atom stereocenters. The third-order valence-electron chi connectivity index (χ3n) is 3.65. The molecular formula is C15H13N5OS. The van der Waals surface area contributed by atoms with Gasteiger partial charge in [-0.2, -0.15) is 0 Å². The highest BCUT2D eigenvalue weighted by atomic mass is 32.1. The minimum atomic E-state index is 0.0577. The largest absolute Gasteiger partial charge is 0.348 e. The molecule has 1 aliphatic rings. The lowest BCUT2D eigenvalue weighted by Gasteiger charge is -2.39. The number of fused-ring (bicyclic) bond motifs is 1. The van der Waals surface area contributed by atoms with Crippen LogP contribution in [0.3, 0.4) is 0 Å². The van der Waals surface area contributed by atoms with Crippen LogP contribution in [0.1, 0.15) is 10.4 Å². The molecule has 0 spiro atoms. The summed E-state index contributed by atoms with van der Waals surface area (Å²) in [5.41, 5.74) is 3.44. The predicted octanol–water partition coefficient (Wildman–Crippen LogP) is 2.02. The first-order valence-corrected chi connectivity index (χ1v) is 7.83. The van der Waals surface area contributed by atoms with E-state index in [1.54, 1.807) is 35.3 Å². The number of hydrogen-bond donors (Lipinski definition) is 1. The molecule has 0 aliphatic carbocycles. The van der Waals surface area contributed by atoms with Gasteiger partial charge in [0.2, 0.25) is 5.95 Å². The maximum Gasteiger partial charge on any atom is 0.254 e. The molecular weight excluding hydrogens is 298 g/mol. The molecule has 3 aromatic rings. The van der Waals surface area contributed by atoms with Crippen LogP contribution in [0, 0.1) is 0 Å². The van der Waals surface area contributed by atoms with Gasteiger partial charge in [-0.15, -0.1) is 11.3 Å². The second kappa shape index (κ2) is 5.34. The standard InChI is InChI=1S/C15H13N5OS/c21-14(10-2-3-12-13(6-10)22-9-18-12)20-7-11(8-20)19-15-16-4-1-5-17-15/h1-6,9,11H,7-8H2,(H,16,17,19). The number of thiazole rings is 1. The van der Waals surface area contributed by atoms with Gasteiger partial charge in [0.15, 0.2) is 0 Å². The van der Waals surface area contributed by atoms with E-state index >= 15 is 0 Å². The van der Waals surface area contributed by atoms with E-state index in [1.165, 1.54) is 0 Å². The maximum atomic E-state index is 12.4. The van der Waals surface area contributed by atoms with Gasteiger partial charge in [-0.1, -0.05) is 0 Å². The Hall–Kier alpha value is -2.54. The molecule has 1 saturated heterocycles. The Morgan fingerprint density at radius 2 is 2.05 bits per heavy atom. The molecule has 1 fully saturated rings. The molecule has 0 atom stereocenters. The number of likely N-dealkylation sites (tertiary alicyclic amines) is 1. The van der Waals surface area contributed by atoms with E-state index < -0.39 is 0 Å². The zero-order valence-corrected chi connectivity index (χ0v) is 12.5. The second-order valence-corrected chi connectivity index (χ2v) is 6.05. The van der Waals surface area contributed by atoms with Crippen molar-refractivity contribution in [2.24, 2.45) is 0 Å². The summed E-state index contributed by atoms with van der Waals surface area (Å²) < 4.78 is 1.04. The number of amides is 1. The highest BCUT2D eigenvalue weighted by molar-refractivity contribution is 7.16. The van der Waals surface area contributed by atoms with Gasteiger partial charge in [0.25, 0.3) is 5.91 Å². The Balaban J connectivity index is 1.40. The van der Waals surface area contributed by atoms with Gasteiger partial charge in [0, 0.05) is 31.0 Å². The van der Waals surface area contributed by atoms with Crippen molar-refractivity contribution in [3.63, 3.8) is 0 Å². The Kier molecular flexibility index (Phi) is 3.19. The lowest BCUT2D eigenvalue weighted by atomic mass is 10.1. The molecule has 6 nitrogen and oxygen atoms in total. The van der Waals surface area contributed by atoms with Crippen molar-refractivity contribution in [3.8, 4) is 0 Å². The Labute approximate surface area is 130 Å². The second-order valence-electron chi connectivity index (χ2n) is 5.16. The number of aromatic nitrogens is 3. The minimum Gasteiger partial charge on any atom is -0.348 e. The summed E-state index contributed by atoms with van der Waals surface area (Å²) in [4.78, 5) is 26.7. The first kappa shape index (κ1) is 13.1.